The fourth-order valence-electron chi connectivity index (χ4n) is 3.95. The largest absolute Gasteiger partial charge is 0.417 e. The van der Waals surface area contributed by atoms with Crippen molar-refractivity contribution < 1.29 is 18.3 Å². The summed E-state index contributed by atoms with van der Waals surface area (Å²) in [5.74, 6) is 0.376. The molecule has 6 heteroatoms. The molecule has 2 N–H and O–H groups in total. The Labute approximate surface area is 140 Å². The normalized spacial score (nSPS) is 27.7. The van der Waals surface area contributed by atoms with Crippen LogP contribution in [0.1, 0.15) is 45.6 Å². The van der Waals surface area contributed by atoms with Gasteiger partial charge >= 0.3 is 6.18 Å². The molecule has 1 saturated carbocycles. The highest BCUT2D eigenvalue weighted by Gasteiger charge is 2.41. The zero-order chi connectivity index (χ0) is 17.5. The lowest BCUT2D eigenvalue weighted by molar-refractivity contribution is -0.137. The van der Waals surface area contributed by atoms with Crippen molar-refractivity contribution in [3.05, 3.63) is 28.8 Å². The molecule has 1 aliphatic carbocycles. The van der Waals surface area contributed by atoms with Crippen molar-refractivity contribution in [3.8, 4) is 0 Å². The Morgan fingerprint density at radius 1 is 1.30 bits per heavy atom. The van der Waals surface area contributed by atoms with Gasteiger partial charge in [0.05, 0.1) is 16.2 Å². The standard InChI is InChI=1S/C17H23ClF3NO/c1-11-7-15(2,3)9-16(23,8-11)10-22-12-4-5-14(18)13(6-12)17(19,20)21/h4-6,11,22-23H,7-10H2,1-3H3. The van der Waals surface area contributed by atoms with Crippen molar-refractivity contribution in [1.82, 2.24) is 0 Å². The fourth-order valence-corrected chi connectivity index (χ4v) is 4.18. The second-order valence-electron chi connectivity index (χ2n) is 7.62. The summed E-state index contributed by atoms with van der Waals surface area (Å²) >= 11 is 5.62. The molecule has 0 amide bonds. The third kappa shape index (κ3) is 4.77. The Kier molecular flexibility index (Phi) is 4.94. The number of rotatable bonds is 3. The first-order valence-corrected chi connectivity index (χ1v) is 8.11. The van der Waals surface area contributed by atoms with Gasteiger partial charge in [0.15, 0.2) is 0 Å². The second kappa shape index (κ2) is 6.17. The van der Waals surface area contributed by atoms with Gasteiger partial charge in [-0.05, 0) is 48.8 Å². The van der Waals surface area contributed by atoms with Crippen molar-refractivity contribution in [3.63, 3.8) is 0 Å². The highest BCUT2D eigenvalue weighted by atomic mass is 35.5. The van der Waals surface area contributed by atoms with E-state index in [2.05, 4.69) is 26.1 Å². The van der Waals surface area contributed by atoms with Crippen LogP contribution in [0.3, 0.4) is 0 Å². The number of halogens is 4. The smallest absolute Gasteiger partial charge is 0.388 e. The maximum Gasteiger partial charge on any atom is 0.417 e. The van der Waals surface area contributed by atoms with Crippen molar-refractivity contribution in [2.45, 2.75) is 51.8 Å². The van der Waals surface area contributed by atoms with Gasteiger partial charge in [-0.25, -0.2) is 0 Å². The van der Waals surface area contributed by atoms with Crippen LogP contribution in [0, 0.1) is 11.3 Å². The minimum atomic E-state index is -4.49. The lowest BCUT2D eigenvalue weighted by Crippen LogP contribution is -2.46. The molecule has 23 heavy (non-hydrogen) atoms. The first-order valence-electron chi connectivity index (χ1n) is 7.73. The third-order valence-corrected chi connectivity index (χ3v) is 4.66. The van der Waals surface area contributed by atoms with Crippen LogP contribution in [0.15, 0.2) is 18.2 Å². The monoisotopic (exact) mass is 349 g/mol. The molecular weight excluding hydrogens is 327 g/mol. The van der Waals surface area contributed by atoms with Crippen molar-refractivity contribution >= 4 is 17.3 Å². The van der Waals surface area contributed by atoms with Crippen LogP contribution in [0.4, 0.5) is 18.9 Å². The van der Waals surface area contributed by atoms with E-state index >= 15 is 0 Å². The van der Waals surface area contributed by atoms with Gasteiger partial charge in [-0.15, -0.1) is 0 Å². The van der Waals surface area contributed by atoms with Gasteiger partial charge in [-0.1, -0.05) is 32.4 Å². The van der Waals surface area contributed by atoms with Crippen molar-refractivity contribution in [1.29, 1.82) is 0 Å². The Bertz CT molecular complexity index is 573. The summed E-state index contributed by atoms with van der Waals surface area (Å²) < 4.78 is 38.7. The molecule has 2 nitrogen and oxygen atoms in total. The molecule has 0 bridgehead atoms. The molecule has 130 valence electrons. The molecule has 1 aromatic carbocycles. The number of nitrogens with one attached hydrogen (secondary N) is 1. The Morgan fingerprint density at radius 3 is 2.52 bits per heavy atom. The number of anilines is 1. The van der Waals surface area contributed by atoms with Crippen LogP contribution in [-0.4, -0.2) is 17.3 Å². The first-order chi connectivity index (χ1) is 10.4. The van der Waals surface area contributed by atoms with Crippen molar-refractivity contribution in [2.24, 2.45) is 11.3 Å². The van der Waals surface area contributed by atoms with Crippen LogP contribution in [-0.2, 0) is 6.18 Å². The molecule has 0 saturated heterocycles. The van der Waals surface area contributed by atoms with E-state index in [-0.39, 0.29) is 17.0 Å². The molecule has 1 aliphatic rings. The first kappa shape index (κ1) is 18.4. The number of benzene rings is 1. The summed E-state index contributed by atoms with van der Waals surface area (Å²) in [4.78, 5) is 0. The molecule has 0 spiro atoms. The molecule has 0 aliphatic heterocycles. The van der Waals surface area contributed by atoms with Crippen LogP contribution < -0.4 is 5.32 Å². The minimum absolute atomic E-state index is 0.0191. The lowest BCUT2D eigenvalue weighted by Gasteiger charge is -2.44. The van der Waals surface area contributed by atoms with Gasteiger partial charge in [-0.2, -0.15) is 13.2 Å². The minimum Gasteiger partial charge on any atom is -0.388 e. The molecule has 0 heterocycles. The van der Waals surface area contributed by atoms with E-state index in [0.717, 1.165) is 12.5 Å². The molecule has 2 atom stereocenters. The summed E-state index contributed by atoms with van der Waals surface area (Å²) in [5, 5.41) is 13.4. The predicted molar refractivity (Wildman–Crippen MR) is 86.7 cm³/mol. The van der Waals surface area contributed by atoms with E-state index in [1.54, 1.807) is 0 Å². The summed E-state index contributed by atoms with van der Waals surface area (Å²) in [6.07, 6.45) is -2.19. The molecule has 0 aromatic heterocycles. The highest BCUT2D eigenvalue weighted by molar-refractivity contribution is 6.31. The van der Waals surface area contributed by atoms with Gasteiger partial charge in [0.25, 0.3) is 0 Å². The van der Waals surface area contributed by atoms with E-state index < -0.39 is 17.3 Å². The fraction of sp³-hybridized carbons (Fsp3) is 0.647. The van der Waals surface area contributed by atoms with Gasteiger partial charge in [0.1, 0.15) is 0 Å². The van der Waals surface area contributed by atoms with Crippen LogP contribution in [0.5, 0.6) is 0 Å². The second-order valence-corrected chi connectivity index (χ2v) is 8.03. The molecular formula is C17H23ClF3NO. The van der Waals surface area contributed by atoms with Gasteiger partial charge in [-0.3, -0.25) is 0 Å². The van der Waals surface area contributed by atoms with Gasteiger partial charge in [0.2, 0.25) is 0 Å². The number of aliphatic hydroxyl groups is 1. The SMILES string of the molecule is CC1CC(C)(C)CC(O)(CNc2ccc(Cl)c(C(F)(F)F)c2)C1. The topological polar surface area (TPSA) is 32.3 Å². The third-order valence-electron chi connectivity index (χ3n) is 4.33. The zero-order valence-corrected chi connectivity index (χ0v) is 14.4. The van der Waals surface area contributed by atoms with E-state index in [1.165, 1.54) is 12.1 Å². The van der Waals surface area contributed by atoms with E-state index in [0.29, 0.717) is 24.4 Å². The van der Waals surface area contributed by atoms with E-state index in [4.69, 9.17) is 11.6 Å². The predicted octanol–water partition coefficient (Wildman–Crippen LogP) is 5.35. The summed E-state index contributed by atoms with van der Waals surface area (Å²) in [6, 6.07) is 3.71. The molecule has 2 rings (SSSR count). The Morgan fingerprint density at radius 2 is 1.96 bits per heavy atom. The average Bonchev–Trinajstić information content (AvgIpc) is 2.33. The van der Waals surface area contributed by atoms with Crippen molar-refractivity contribution in [2.75, 3.05) is 11.9 Å². The molecule has 1 fully saturated rings. The van der Waals surface area contributed by atoms with E-state index in [1.807, 2.05) is 0 Å². The Hall–Kier alpha value is -0.940. The molecule has 0 radical (unpaired) electrons. The average molecular weight is 350 g/mol. The lowest BCUT2D eigenvalue weighted by atomic mass is 9.66. The Balaban J connectivity index is 2.11. The summed E-state index contributed by atoms with van der Waals surface area (Å²) in [6.45, 7) is 6.53. The number of hydrogen-bond donors (Lipinski definition) is 2. The number of alkyl halides is 3. The number of hydrogen-bond acceptors (Lipinski definition) is 2. The molecule has 1 aromatic rings. The van der Waals surface area contributed by atoms with Gasteiger partial charge < -0.3 is 10.4 Å². The van der Waals surface area contributed by atoms with Crippen LogP contribution in [0.2, 0.25) is 5.02 Å². The summed E-state index contributed by atoms with van der Waals surface area (Å²) in [5.41, 5.74) is -1.45. The molecule has 2 unspecified atom stereocenters. The highest BCUT2D eigenvalue weighted by Crippen LogP contribution is 2.44. The quantitative estimate of drug-likeness (QED) is 0.771. The maximum atomic E-state index is 12.9. The zero-order valence-electron chi connectivity index (χ0n) is 13.6. The van der Waals surface area contributed by atoms with Crippen LogP contribution >= 0.6 is 11.6 Å². The van der Waals surface area contributed by atoms with E-state index in [9.17, 15) is 18.3 Å². The maximum absolute atomic E-state index is 12.9. The van der Waals surface area contributed by atoms with Gasteiger partial charge in [0, 0.05) is 12.2 Å². The summed E-state index contributed by atoms with van der Waals surface area (Å²) in [7, 11) is 0. The van der Waals surface area contributed by atoms with Crippen LogP contribution in [0.25, 0.3) is 0 Å².